The molecule has 0 spiro atoms. The maximum atomic E-state index is 13.2. The molecule has 3 heterocycles. The quantitative estimate of drug-likeness (QED) is 0.555. The molecule has 8 nitrogen and oxygen atoms in total. The van der Waals surface area contributed by atoms with Crippen LogP contribution in [0.4, 0.5) is 5.69 Å². The molecule has 0 bridgehead atoms. The summed E-state index contributed by atoms with van der Waals surface area (Å²) in [7, 11) is 0. The minimum absolute atomic E-state index is 0.0729. The van der Waals surface area contributed by atoms with Crippen LogP contribution >= 0.6 is 11.8 Å². The van der Waals surface area contributed by atoms with Gasteiger partial charge in [-0.25, -0.2) is 4.98 Å². The zero-order chi connectivity index (χ0) is 22.8. The summed E-state index contributed by atoms with van der Waals surface area (Å²) in [5.74, 6) is 2.30. The number of carbonyl (C=O) groups excluding carboxylic acids is 2. The van der Waals surface area contributed by atoms with Crippen LogP contribution < -0.4 is 19.7 Å². The van der Waals surface area contributed by atoms with Crippen LogP contribution in [0.3, 0.4) is 0 Å². The molecule has 5 rings (SSSR count). The Morgan fingerprint density at radius 1 is 1.24 bits per heavy atom. The Bertz CT molecular complexity index is 1150. The number of H-pyrrole nitrogens is 1. The summed E-state index contributed by atoms with van der Waals surface area (Å²) >= 11 is 1.72. The van der Waals surface area contributed by atoms with Gasteiger partial charge in [0, 0.05) is 24.7 Å². The van der Waals surface area contributed by atoms with Crippen molar-refractivity contribution < 1.29 is 19.1 Å². The average Bonchev–Trinajstić information content (AvgIpc) is 3.45. The highest BCUT2D eigenvalue weighted by atomic mass is 32.2. The fraction of sp³-hybridized carbons (Fsp3) is 0.375. The maximum Gasteiger partial charge on any atom is 0.227 e. The number of nitrogens with one attached hydrogen (secondary N) is 2. The molecule has 1 unspecified atom stereocenters. The lowest BCUT2D eigenvalue weighted by atomic mass is 10.1. The molecule has 0 aliphatic carbocycles. The molecule has 1 saturated heterocycles. The topological polar surface area (TPSA) is 96.6 Å². The summed E-state index contributed by atoms with van der Waals surface area (Å²) < 4.78 is 11.2. The molecule has 1 aromatic heterocycles. The monoisotopic (exact) mass is 466 g/mol. The van der Waals surface area contributed by atoms with E-state index in [-0.39, 0.29) is 24.3 Å². The Labute approximate surface area is 196 Å². The minimum atomic E-state index is -0.424. The van der Waals surface area contributed by atoms with Gasteiger partial charge in [0.2, 0.25) is 11.8 Å². The van der Waals surface area contributed by atoms with Crippen molar-refractivity contribution in [3.63, 3.8) is 0 Å². The van der Waals surface area contributed by atoms with Gasteiger partial charge in [-0.3, -0.25) is 9.59 Å². The van der Waals surface area contributed by atoms with Crippen molar-refractivity contribution in [1.82, 2.24) is 15.3 Å². The molecule has 2 N–H and O–H groups in total. The second kappa shape index (κ2) is 9.35. The molecule has 9 heteroatoms. The van der Waals surface area contributed by atoms with E-state index >= 15 is 0 Å². The van der Waals surface area contributed by atoms with E-state index < -0.39 is 5.92 Å². The highest BCUT2D eigenvalue weighted by Crippen LogP contribution is 2.36. The van der Waals surface area contributed by atoms with Crippen molar-refractivity contribution in [2.45, 2.75) is 18.9 Å². The smallest absolute Gasteiger partial charge is 0.227 e. The van der Waals surface area contributed by atoms with E-state index in [0.717, 1.165) is 34.7 Å². The van der Waals surface area contributed by atoms with Crippen LogP contribution in [-0.2, 0) is 9.59 Å². The highest BCUT2D eigenvalue weighted by molar-refractivity contribution is 7.98. The third-order valence-electron chi connectivity index (χ3n) is 6.00. The zero-order valence-electron chi connectivity index (χ0n) is 18.4. The van der Waals surface area contributed by atoms with Crippen molar-refractivity contribution in [3.8, 4) is 11.5 Å². The van der Waals surface area contributed by atoms with Crippen molar-refractivity contribution in [1.29, 1.82) is 0 Å². The first-order chi connectivity index (χ1) is 16.1. The maximum absolute atomic E-state index is 13.2. The minimum Gasteiger partial charge on any atom is -0.486 e. The fourth-order valence-electron chi connectivity index (χ4n) is 4.27. The molecule has 2 atom stereocenters. The van der Waals surface area contributed by atoms with E-state index in [4.69, 9.17) is 9.47 Å². The van der Waals surface area contributed by atoms with E-state index in [1.807, 2.05) is 48.7 Å². The first kappa shape index (κ1) is 21.6. The van der Waals surface area contributed by atoms with Gasteiger partial charge in [0.1, 0.15) is 19.0 Å². The van der Waals surface area contributed by atoms with E-state index in [0.29, 0.717) is 31.3 Å². The lowest BCUT2D eigenvalue weighted by Gasteiger charge is -2.22. The predicted molar refractivity (Wildman–Crippen MR) is 128 cm³/mol. The van der Waals surface area contributed by atoms with Gasteiger partial charge in [-0.1, -0.05) is 12.1 Å². The van der Waals surface area contributed by atoms with E-state index in [1.165, 1.54) is 0 Å². The summed E-state index contributed by atoms with van der Waals surface area (Å²) in [5, 5.41) is 3.14. The number of aromatic nitrogens is 2. The van der Waals surface area contributed by atoms with Crippen LogP contribution in [0.1, 0.15) is 24.7 Å². The van der Waals surface area contributed by atoms with E-state index in [2.05, 4.69) is 15.3 Å². The number of benzene rings is 2. The third kappa shape index (κ3) is 4.50. The van der Waals surface area contributed by atoms with Gasteiger partial charge in [0.15, 0.2) is 11.5 Å². The molecule has 2 aliphatic heterocycles. The number of rotatable bonds is 7. The molecule has 172 valence electrons. The van der Waals surface area contributed by atoms with Crippen molar-refractivity contribution in [2.24, 2.45) is 5.92 Å². The normalized spacial score (nSPS) is 18.5. The number of aromatic amines is 1. The first-order valence-corrected chi connectivity index (χ1v) is 12.5. The summed E-state index contributed by atoms with van der Waals surface area (Å²) in [6, 6.07) is 13.0. The lowest BCUT2D eigenvalue weighted by Crippen LogP contribution is -2.36. The molecular weight excluding hydrogens is 440 g/mol. The second-order valence-electron chi connectivity index (χ2n) is 8.22. The van der Waals surface area contributed by atoms with Crippen LogP contribution in [0.15, 0.2) is 42.5 Å². The second-order valence-corrected chi connectivity index (χ2v) is 9.20. The Kier molecular flexibility index (Phi) is 6.13. The van der Waals surface area contributed by atoms with Crippen LogP contribution in [0.25, 0.3) is 11.0 Å². The van der Waals surface area contributed by atoms with Gasteiger partial charge in [-0.15, -0.1) is 0 Å². The van der Waals surface area contributed by atoms with Crippen LogP contribution in [0, 0.1) is 5.92 Å². The standard InChI is InChI=1S/C24H26N4O4S/c1-33-11-8-19(23-25-17-4-2-3-5-18(17)26-23)27-24(30)15-12-22(29)28(14-15)16-6-7-20-21(13-16)32-10-9-31-20/h2-7,13,15,19H,8-12,14H2,1H3,(H,25,26)(H,27,30)/t15?,19-/m0/s1. The average molecular weight is 467 g/mol. The van der Waals surface area contributed by atoms with Crippen molar-refractivity contribution in [3.05, 3.63) is 48.3 Å². The van der Waals surface area contributed by atoms with Gasteiger partial charge >= 0.3 is 0 Å². The number of hydrogen-bond donors (Lipinski definition) is 2. The predicted octanol–water partition coefficient (Wildman–Crippen LogP) is 3.30. The van der Waals surface area contributed by atoms with Crippen LogP contribution in [-0.4, -0.2) is 53.5 Å². The number of imidazole rings is 1. The van der Waals surface area contributed by atoms with Gasteiger partial charge < -0.3 is 24.7 Å². The summed E-state index contributed by atoms with van der Waals surface area (Å²) in [4.78, 5) is 35.6. The van der Waals surface area contributed by atoms with Crippen LogP contribution in [0.5, 0.6) is 11.5 Å². The molecular formula is C24H26N4O4S. The summed E-state index contributed by atoms with van der Waals surface area (Å²) in [6.45, 7) is 1.33. The van der Waals surface area contributed by atoms with E-state index in [9.17, 15) is 9.59 Å². The summed E-state index contributed by atoms with van der Waals surface area (Å²) in [6.07, 6.45) is 2.97. The fourth-order valence-corrected chi connectivity index (χ4v) is 4.74. The largest absolute Gasteiger partial charge is 0.486 e. The van der Waals surface area contributed by atoms with Gasteiger partial charge in [0.25, 0.3) is 0 Å². The Morgan fingerprint density at radius 2 is 2.06 bits per heavy atom. The Balaban J connectivity index is 1.30. The van der Waals surface area contributed by atoms with Crippen molar-refractivity contribution >= 4 is 40.3 Å². The number of anilines is 1. The molecule has 33 heavy (non-hydrogen) atoms. The van der Waals surface area contributed by atoms with Crippen molar-refractivity contribution in [2.75, 3.05) is 36.7 Å². The van der Waals surface area contributed by atoms with Crippen LogP contribution in [0.2, 0.25) is 0 Å². The van der Waals surface area contributed by atoms with Gasteiger partial charge in [-0.2, -0.15) is 11.8 Å². The Morgan fingerprint density at radius 3 is 2.88 bits per heavy atom. The molecule has 3 aromatic rings. The first-order valence-electron chi connectivity index (χ1n) is 11.1. The number of amides is 2. The number of thioether (sulfide) groups is 1. The van der Waals surface area contributed by atoms with E-state index in [1.54, 1.807) is 16.7 Å². The number of para-hydroxylation sites is 2. The molecule has 2 aromatic carbocycles. The SMILES string of the molecule is CSCC[C@H](NC(=O)C1CC(=O)N(c2ccc3c(c2)OCCO3)C1)c1nc2ccccc2[nH]1. The van der Waals surface area contributed by atoms with Gasteiger partial charge in [-0.05, 0) is 42.7 Å². The molecule has 2 amide bonds. The van der Waals surface area contributed by atoms with Gasteiger partial charge in [0.05, 0.1) is 23.0 Å². The zero-order valence-corrected chi connectivity index (χ0v) is 19.2. The molecule has 0 radical (unpaired) electrons. The number of hydrogen-bond acceptors (Lipinski definition) is 6. The Hall–Kier alpha value is -3.20. The lowest BCUT2D eigenvalue weighted by molar-refractivity contribution is -0.127. The molecule has 0 saturated carbocycles. The molecule has 1 fully saturated rings. The number of ether oxygens (including phenoxy) is 2. The number of fused-ring (bicyclic) bond motifs is 2. The summed E-state index contributed by atoms with van der Waals surface area (Å²) in [5.41, 5.74) is 2.53. The third-order valence-corrected chi connectivity index (χ3v) is 6.64. The molecule has 2 aliphatic rings. The number of nitrogens with zero attached hydrogens (tertiary/aromatic N) is 2. The number of carbonyl (C=O) groups is 2. The highest BCUT2D eigenvalue weighted by Gasteiger charge is 2.36.